The summed E-state index contributed by atoms with van der Waals surface area (Å²) < 4.78 is 15.5. The number of hydrogen-bond acceptors (Lipinski definition) is 7. The van der Waals surface area contributed by atoms with Gasteiger partial charge in [0.15, 0.2) is 11.0 Å². The third kappa shape index (κ3) is 6.25. The summed E-state index contributed by atoms with van der Waals surface area (Å²) in [6.07, 6.45) is 0. The van der Waals surface area contributed by atoms with Gasteiger partial charge >= 0.3 is 0 Å². The van der Waals surface area contributed by atoms with E-state index < -0.39 is 22.7 Å². The molecule has 10 nitrogen and oxygen atoms in total. The number of carbonyl (C=O) groups is 2. The molecule has 0 radical (unpaired) electrons. The van der Waals surface area contributed by atoms with Crippen LogP contribution < -0.4 is 10.6 Å². The Labute approximate surface area is 211 Å². The van der Waals surface area contributed by atoms with E-state index >= 15 is 0 Å². The average molecular weight is 515 g/mol. The van der Waals surface area contributed by atoms with Crippen LogP contribution in [0.15, 0.2) is 47.6 Å². The summed E-state index contributed by atoms with van der Waals surface area (Å²) in [7, 11) is 0. The Morgan fingerprint density at radius 2 is 1.92 bits per heavy atom. The second-order valence-electron chi connectivity index (χ2n) is 8.34. The first kappa shape index (κ1) is 26.8. The number of nitrogens with one attached hydrogen (secondary N) is 2. The maximum atomic E-state index is 13.7. The Kier molecular flexibility index (Phi) is 8.75. The van der Waals surface area contributed by atoms with E-state index in [2.05, 4.69) is 20.8 Å². The van der Waals surface area contributed by atoms with E-state index in [4.69, 9.17) is 0 Å². The lowest BCUT2D eigenvalue weighted by Crippen LogP contribution is -2.33. The molecular weight excluding hydrogens is 487 g/mol. The highest BCUT2D eigenvalue weighted by Crippen LogP contribution is 2.26. The lowest BCUT2D eigenvalue weighted by molar-refractivity contribution is -0.384. The number of halogens is 1. The Balaban J connectivity index is 1.74. The Bertz CT molecular complexity index is 1280. The van der Waals surface area contributed by atoms with Crippen LogP contribution in [0.25, 0.3) is 0 Å². The molecule has 2 amide bonds. The number of nitro benzene ring substituents is 1. The van der Waals surface area contributed by atoms with Crippen molar-refractivity contribution in [2.24, 2.45) is 5.92 Å². The quantitative estimate of drug-likeness (QED) is 0.231. The van der Waals surface area contributed by atoms with Gasteiger partial charge in [0.25, 0.3) is 11.6 Å². The van der Waals surface area contributed by atoms with E-state index in [-0.39, 0.29) is 28.8 Å². The summed E-state index contributed by atoms with van der Waals surface area (Å²) in [5.41, 5.74) is 0.748. The number of rotatable bonds is 10. The van der Waals surface area contributed by atoms with Gasteiger partial charge in [-0.15, -0.1) is 10.2 Å². The molecule has 0 fully saturated rings. The van der Waals surface area contributed by atoms with Crippen molar-refractivity contribution in [3.8, 4) is 0 Å². The fraction of sp³-hybridized carbons (Fsp3) is 0.333. The number of hydrogen-bond donors (Lipinski definition) is 2. The lowest BCUT2D eigenvalue weighted by Gasteiger charge is -2.22. The second-order valence-corrected chi connectivity index (χ2v) is 9.28. The van der Waals surface area contributed by atoms with E-state index in [0.717, 1.165) is 0 Å². The molecule has 0 aliphatic carbocycles. The molecule has 0 aliphatic heterocycles. The second kappa shape index (κ2) is 11.8. The minimum absolute atomic E-state index is 0.0282. The van der Waals surface area contributed by atoms with Crippen LogP contribution >= 0.6 is 11.8 Å². The molecular formula is C24H27FN6O4S. The van der Waals surface area contributed by atoms with Crippen molar-refractivity contribution >= 4 is 35.0 Å². The number of benzene rings is 2. The predicted molar refractivity (Wildman–Crippen MR) is 134 cm³/mol. The van der Waals surface area contributed by atoms with Crippen molar-refractivity contribution in [1.29, 1.82) is 0 Å². The SMILES string of the molecule is CCn1c(SCC(=O)Nc2cccc(F)c2C)nnc1[C@H](NC(=O)c1cccc([N+](=O)[O-])c1)C(C)C. The minimum atomic E-state index is -0.556. The first-order valence-corrected chi connectivity index (χ1v) is 12.3. The topological polar surface area (TPSA) is 132 Å². The van der Waals surface area contributed by atoms with Gasteiger partial charge in [-0.3, -0.25) is 19.7 Å². The third-order valence-corrected chi connectivity index (χ3v) is 6.45. The standard InChI is InChI=1S/C24H27FN6O4S/c1-5-30-22(21(14(2)3)27-23(33)16-8-6-9-17(12-16)31(34)35)28-29-24(30)36-13-20(32)26-19-11-7-10-18(25)15(19)4/h6-12,14,21H,5,13H2,1-4H3,(H,26,32)(H,27,33)/t21-/m1/s1. The summed E-state index contributed by atoms with van der Waals surface area (Å²) in [5.74, 6) is -0.722. The van der Waals surface area contributed by atoms with Crippen LogP contribution in [0.4, 0.5) is 15.8 Å². The molecule has 0 saturated carbocycles. The highest BCUT2D eigenvalue weighted by Gasteiger charge is 2.26. The van der Waals surface area contributed by atoms with Crippen LogP contribution in [0.1, 0.15) is 48.6 Å². The molecule has 1 atom stereocenters. The van der Waals surface area contributed by atoms with Crippen LogP contribution in [0.5, 0.6) is 0 Å². The van der Waals surface area contributed by atoms with E-state index in [0.29, 0.717) is 28.8 Å². The molecule has 0 aliphatic rings. The van der Waals surface area contributed by atoms with Gasteiger partial charge in [-0.1, -0.05) is 37.7 Å². The van der Waals surface area contributed by atoms with Crippen molar-refractivity contribution in [2.45, 2.75) is 45.4 Å². The van der Waals surface area contributed by atoms with Crippen LogP contribution in [0.3, 0.4) is 0 Å². The van der Waals surface area contributed by atoms with E-state index in [9.17, 15) is 24.1 Å². The average Bonchev–Trinajstić information content (AvgIpc) is 3.26. The first-order chi connectivity index (χ1) is 17.1. The van der Waals surface area contributed by atoms with Gasteiger partial charge < -0.3 is 15.2 Å². The highest BCUT2D eigenvalue weighted by molar-refractivity contribution is 7.99. The van der Waals surface area contributed by atoms with Crippen molar-refractivity contribution in [3.05, 3.63) is 75.3 Å². The number of non-ortho nitro benzene ring substituents is 1. The maximum absolute atomic E-state index is 13.7. The lowest BCUT2D eigenvalue weighted by atomic mass is 10.0. The molecule has 0 saturated heterocycles. The zero-order chi connectivity index (χ0) is 26.4. The minimum Gasteiger partial charge on any atom is -0.342 e. The molecule has 0 unspecified atom stereocenters. The molecule has 2 N–H and O–H groups in total. The van der Waals surface area contributed by atoms with Crippen LogP contribution in [0, 0.1) is 28.8 Å². The monoisotopic (exact) mass is 514 g/mol. The molecule has 36 heavy (non-hydrogen) atoms. The maximum Gasteiger partial charge on any atom is 0.270 e. The summed E-state index contributed by atoms with van der Waals surface area (Å²) in [6, 6.07) is 9.46. The van der Waals surface area contributed by atoms with Gasteiger partial charge in [0.1, 0.15) is 5.82 Å². The van der Waals surface area contributed by atoms with Crippen molar-refractivity contribution in [2.75, 3.05) is 11.1 Å². The number of amides is 2. The Morgan fingerprint density at radius 1 is 1.19 bits per heavy atom. The smallest absolute Gasteiger partial charge is 0.270 e. The predicted octanol–water partition coefficient (Wildman–Crippen LogP) is 4.51. The molecule has 2 aromatic carbocycles. The summed E-state index contributed by atoms with van der Waals surface area (Å²) in [5, 5.41) is 25.7. The van der Waals surface area contributed by atoms with Gasteiger partial charge in [0.2, 0.25) is 5.91 Å². The first-order valence-electron chi connectivity index (χ1n) is 11.3. The van der Waals surface area contributed by atoms with Gasteiger partial charge in [0.05, 0.1) is 16.7 Å². The normalized spacial score (nSPS) is 11.8. The number of thioether (sulfide) groups is 1. The van der Waals surface area contributed by atoms with Crippen molar-refractivity contribution in [1.82, 2.24) is 20.1 Å². The largest absolute Gasteiger partial charge is 0.342 e. The van der Waals surface area contributed by atoms with Gasteiger partial charge in [0, 0.05) is 35.5 Å². The fourth-order valence-corrected chi connectivity index (χ4v) is 4.32. The van der Waals surface area contributed by atoms with E-state index in [1.807, 2.05) is 25.3 Å². The van der Waals surface area contributed by atoms with Crippen molar-refractivity contribution in [3.63, 3.8) is 0 Å². The number of anilines is 1. The third-order valence-electron chi connectivity index (χ3n) is 5.49. The van der Waals surface area contributed by atoms with E-state index in [1.165, 1.54) is 48.2 Å². The molecule has 0 spiro atoms. The molecule has 1 heterocycles. The molecule has 12 heteroatoms. The number of aromatic nitrogens is 3. The Morgan fingerprint density at radius 3 is 2.58 bits per heavy atom. The summed E-state index contributed by atoms with van der Waals surface area (Å²) in [4.78, 5) is 35.8. The van der Waals surface area contributed by atoms with Crippen LogP contribution in [0.2, 0.25) is 0 Å². The number of nitrogens with zero attached hydrogens (tertiary/aromatic N) is 4. The van der Waals surface area contributed by atoms with Crippen molar-refractivity contribution < 1.29 is 18.9 Å². The Hall–Kier alpha value is -3.80. The van der Waals surface area contributed by atoms with Crippen LogP contribution in [-0.2, 0) is 11.3 Å². The van der Waals surface area contributed by atoms with Gasteiger partial charge in [-0.2, -0.15) is 0 Å². The number of carbonyl (C=O) groups excluding carboxylic acids is 2. The fourth-order valence-electron chi connectivity index (χ4n) is 3.51. The molecule has 3 rings (SSSR count). The zero-order valence-electron chi connectivity index (χ0n) is 20.3. The van der Waals surface area contributed by atoms with E-state index in [1.54, 1.807) is 13.0 Å². The molecule has 1 aromatic heterocycles. The van der Waals surface area contributed by atoms with Gasteiger partial charge in [-0.25, -0.2) is 4.39 Å². The summed E-state index contributed by atoms with van der Waals surface area (Å²) >= 11 is 1.18. The number of nitro groups is 1. The summed E-state index contributed by atoms with van der Waals surface area (Å²) in [6.45, 7) is 7.80. The molecule has 0 bridgehead atoms. The highest BCUT2D eigenvalue weighted by atomic mass is 32.2. The molecule has 3 aromatic rings. The zero-order valence-corrected chi connectivity index (χ0v) is 21.1. The molecule has 190 valence electrons. The van der Waals surface area contributed by atoms with Crippen LogP contribution in [-0.4, -0.2) is 37.3 Å². The van der Waals surface area contributed by atoms with Gasteiger partial charge in [-0.05, 0) is 38.0 Å².